The van der Waals surface area contributed by atoms with E-state index in [1.54, 1.807) is 36.7 Å². The van der Waals surface area contributed by atoms with Gasteiger partial charge in [0.2, 0.25) is 0 Å². The first kappa shape index (κ1) is 21.1. The molecule has 4 rings (SSSR count). The molecule has 7 heteroatoms. The fraction of sp³-hybridized carbons (Fsp3) is 0.160. The molecule has 7 nitrogen and oxygen atoms in total. The van der Waals surface area contributed by atoms with Gasteiger partial charge >= 0.3 is 0 Å². The van der Waals surface area contributed by atoms with E-state index in [2.05, 4.69) is 15.5 Å². The van der Waals surface area contributed by atoms with E-state index in [1.165, 1.54) is 0 Å². The zero-order chi connectivity index (χ0) is 22.3. The molecule has 2 heterocycles. The van der Waals surface area contributed by atoms with Gasteiger partial charge in [0.15, 0.2) is 0 Å². The number of ether oxygens (including phenoxy) is 2. The van der Waals surface area contributed by atoms with Crippen molar-refractivity contribution in [2.75, 3.05) is 5.32 Å². The van der Waals surface area contributed by atoms with Crippen LogP contribution in [0.15, 0.2) is 77.6 Å². The van der Waals surface area contributed by atoms with Crippen molar-refractivity contribution >= 4 is 11.6 Å². The highest BCUT2D eigenvalue weighted by atomic mass is 16.5. The first-order chi connectivity index (χ1) is 15.6. The molecule has 0 spiro atoms. The van der Waals surface area contributed by atoms with Gasteiger partial charge in [0.05, 0.1) is 16.8 Å². The van der Waals surface area contributed by atoms with Gasteiger partial charge in [0.1, 0.15) is 30.5 Å². The number of aryl methyl sites for hydroxylation is 2. The Morgan fingerprint density at radius 3 is 2.66 bits per heavy atom. The lowest BCUT2D eigenvalue weighted by atomic mass is 10.1. The van der Waals surface area contributed by atoms with Crippen LogP contribution in [0.3, 0.4) is 0 Å². The molecule has 1 N–H and O–H groups in total. The Balaban J connectivity index is 1.43. The average molecular weight is 429 g/mol. The molecular formula is C25H23N3O4. The van der Waals surface area contributed by atoms with Crippen LogP contribution in [0.1, 0.15) is 32.9 Å². The quantitative estimate of drug-likeness (QED) is 0.420. The molecule has 0 bridgehead atoms. The van der Waals surface area contributed by atoms with Crippen molar-refractivity contribution in [1.82, 2.24) is 10.1 Å². The van der Waals surface area contributed by atoms with E-state index in [9.17, 15) is 4.79 Å². The van der Waals surface area contributed by atoms with E-state index in [1.807, 2.05) is 50.2 Å². The molecule has 2 aromatic heterocycles. The number of benzene rings is 2. The highest BCUT2D eigenvalue weighted by Gasteiger charge is 2.15. The summed E-state index contributed by atoms with van der Waals surface area (Å²) in [5.74, 6) is 1.56. The van der Waals surface area contributed by atoms with E-state index in [0.717, 1.165) is 16.8 Å². The van der Waals surface area contributed by atoms with Crippen molar-refractivity contribution in [2.24, 2.45) is 0 Å². The molecule has 0 aliphatic rings. The minimum absolute atomic E-state index is 0.267. The number of hydrogen-bond acceptors (Lipinski definition) is 6. The molecule has 0 radical (unpaired) electrons. The lowest BCUT2D eigenvalue weighted by molar-refractivity contribution is 0.102. The van der Waals surface area contributed by atoms with Crippen LogP contribution < -0.4 is 14.8 Å². The fourth-order valence-corrected chi connectivity index (χ4v) is 3.15. The number of carbonyl (C=O) groups excluding carboxylic acids is 1. The SMILES string of the molecule is Cc1noc(C)c1COc1ccccc1C(=O)Nc1cccc(OCc2cccnc2)c1. The monoisotopic (exact) mass is 429 g/mol. The van der Waals surface area contributed by atoms with Gasteiger partial charge in [0.25, 0.3) is 5.91 Å². The summed E-state index contributed by atoms with van der Waals surface area (Å²) in [7, 11) is 0. The second kappa shape index (κ2) is 9.78. The number of rotatable bonds is 8. The first-order valence-corrected chi connectivity index (χ1v) is 10.2. The summed E-state index contributed by atoms with van der Waals surface area (Å²) in [5, 5.41) is 6.85. The number of para-hydroxylation sites is 1. The van der Waals surface area contributed by atoms with Gasteiger partial charge in [-0.2, -0.15) is 0 Å². The van der Waals surface area contributed by atoms with Gasteiger partial charge in [0, 0.05) is 29.7 Å². The number of aromatic nitrogens is 2. The van der Waals surface area contributed by atoms with E-state index < -0.39 is 0 Å². The number of pyridine rings is 1. The van der Waals surface area contributed by atoms with E-state index >= 15 is 0 Å². The maximum absolute atomic E-state index is 12.9. The number of hydrogen-bond donors (Lipinski definition) is 1. The number of carbonyl (C=O) groups is 1. The molecule has 162 valence electrons. The van der Waals surface area contributed by atoms with E-state index in [4.69, 9.17) is 14.0 Å². The van der Waals surface area contributed by atoms with Crippen molar-refractivity contribution in [3.05, 3.63) is 101 Å². The predicted octanol–water partition coefficient (Wildman–Crippen LogP) is 5.10. The largest absolute Gasteiger partial charge is 0.489 e. The Morgan fingerprint density at radius 1 is 1.00 bits per heavy atom. The second-order valence-corrected chi connectivity index (χ2v) is 7.22. The van der Waals surface area contributed by atoms with Crippen LogP contribution in [0.5, 0.6) is 11.5 Å². The molecule has 2 aromatic carbocycles. The summed E-state index contributed by atoms with van der Waals surface area (Å²) in [6, 6.07) is 18.2. The van der Waals surface area contributed by atoms with Gasteiger partial charge in [-0.15, -0.1) is 0 Å². The Morgan fingerprint density at radius 2 is 1.88 bits per heavy atom. The van der Waals surface area contributed by atoms with Crippen LogP contribution in [0.4, 0.5) is 5.69 Å². The molecule has 0 aliphatic heterocycles. The summed E-state index contributed by atoms with van der Waals surface area (Å²) in [6.45, 7) is 4.35. The number of anilines is 1. The van der Waals surface area contributed by atoms with Crippen LogP contribution in [0, 0.1) is 13.8 Å². The van der Waals surface area contributed by atoms with Crippen LogP contribution in [-0.2, 0) is 13.2 Å². The Bertz CT molecular complexity index is 1190. The Labute approximate surface area is 186 Å². The highest BCUT2D eigenvalue weighted by Crippen LogP contribution is 2.24. The molecule has 1 amide bonds. The van der Waals surface area contributed by atoms with Crippen LogP contribution >= 0.6 is 0 Å². The van der Waals surface area contributed by atoms with Crippen molar-refractivity contribution < 1.29 is 18.8 Å². The molecule has 0 aliphatic carbocycles. The molecule has 4 aromatic rings. The summed E-state index contributed by atoms with van der Waals surface area (Å²) < 4.78 is 16.9. The van der Waals surface area contributed by atoms with E-state index in [0.29, 0.717) is 35.1 Å². The molecule has 0 atom stereocenters. The summed E-state index contributed by atoms with van der Waals surface area (Å²) in [6.07, 6.45) is 3.47. The van der Waals surface area contributed by atoms with Crippen LogP contribution in [-0.4, -0.2) is 16.0 Å². The zero-order valence-corrected chi connectivity index (χ0v) is 17.9. The molecule has 32 heavy (non-hydrogen) atoms. The van der Waals surface area contributed by atoms with Crippen molar-refractivity contribution in [3.63, 3.8) is 0 Å². The maximum atomic E-state index is 12.9. The normalized spacial score (nSPS) is 10.6. The van der Waals surface area contributed by atoms with Gasteiger partial charge in [-0.05, 0) is 44.2 Å². The van der Waals surface area contributed by atoms with E-state index in [-0.39, 0.29) is 12.5 Å². The standard InChI is InChI=1S/C25H23N3O4/c1-17-23(18(2)32-28-17)16-31-24-11-4-3-10-22(24)25(29)27-20-8-5-9-21(13-20)30-15-19-7-6-12-26-14-19/h3-14H,15-16H2,1-2H3,(H,27,29). The third-order valence-corrected chi connectivity index (χ3v) is 4.91. The minimum atomic E-state index is -0.274. The number of nitrogens with zero attached hydrogens (tertiary/aromatic N) is 2. The summed E-state index contributed by atoms with van der Waals surface area (Å²) >= 11 is 0. The van der Waals surface area contributed by atoms with Gasteiger partial charge in [-0.1, -0.05) is 29.4 Å². The summed E-state index contributed by atoms with van der Waals surface area (Å²) in [4.78, 5) is 17.0. The lowest BCUT2D eigenvalue weighted by Crippen LogP contribution is -2.14. The first-order valence-electron chi connectivity index (χ1n) is 10.2. The van der Waals surface area contributed by atoms with Crippen molar-refractivity contribution in [2.45, 2.75) is 27.1 Å². The van der Waals surface area contributed by atoms with Crippen LogP contribution in [0.2, 0.25) is 0 Å². The van der Waals surface area contributed by atoms with Crippen LogP contribution in [0.25, 0.3) is 0 Å². The summed E-state index contributed by atoms with van der Waals surface area (Å²) in [5.41, 5.74) is 3.66. The number of amides is 1. The van der Waals surface area contributed by atoms with Crippen molar-refractivity contribution in [1.29, 1.82) is 0 Å². The van der Waals surface area contributed by atoms with Gasteiger partial charge in [-0.25, -0.2) is 0 Å². The molecule has 0 fully saturated rings. The van der Waals surface area contributed by atoms with Gasteiger partial charge in [-0.3, -0.25) is 9.78 Å². The second-order valence-electron chi connectivity index (χ2n) is 7.22. The average Bonchev–Trinajstić information content (AvgIpc) is 3.14. The number of nitrogens with one attached hydrogen (secondary N) is 1. The third-order valence-electron chi connectivity index (χ3n) is 4.91. The highest BCUT2D eigenvalue weighted by molar-refractivity contribution is 6.06. The molecule has 0 unspecified atom stereocenters. The Kier molecular flexibility index (Phi) is 6.46. The predicted molar refractivity (Wildman–Crippen MR) is 120 cm³/mol. The van der Waals surface area contributed by atoms with Crippen molar-refractivity contribution in [3.8, 4) is 11.5 Å². The molecular weight excluding hydrogens is 406 g/mol. The topological polar surface area (TPSA) is 86.5 Å². The molecule has 0 saturated heterocycles. The lowest BCUT2D eigenvalue weighted by Gasteiger charge is -2.12. The maximum Gasteiger partial charge on any atom is 0.259 e. The van der Waals surface area contributed by atoms with Gasteiger partial charge < -0.3 is 19.3 Å². The molecule has 0 saturated carbocycles. The third kappa shape index (κ3) is 5.13. The zero-order valence-electron chi connectivity index (χ0n) is 17.9. The Hall–Kier alpha value is -4.13. The fourth-order valence-electron chi connectivity index (χ4n) is 3.15. The minimum Gasteiger partial charge on any atom is -0.489 e. The smallest absolute Gasteiger partial charge is 0.259 e.